The van der Waals surface area contributed by atoms with Crippen molar-refractivity contribution in [3.05, 3.63) is 88.7 Å². The summed E-state index contributed by atoms with van der Waals surface area (Å²) in [6, 6.07) is 18.0. The lowest BCUT2D eigenvalue weighted by molar-refractivity contribution is 0.524. The third-order valence-electron chi connectivity index (χ3n) is 3.77. The lowest BCUT2D eigenvalue weighted by Gasteiger charge is -2.28. The van der Waals surface area contributed by atoms with Crippen molar-refractivity contribution in [2.75, 3.05) is 0 Å². The second-order valence-corrected chi connectivity index (χ2v) is 6.20. The van der Waals surface area contributed by atoms with Crippen LogP contribution in [-0.4, -0.2) is 15.0 Å². The largest absolute Gasteiger partial charge is 0.260 e. The molecule has 0 spiro atoms. The summed E-state index contributed by atoms with van der Waals surface area (Å²) in [5.74, 6) is 0. The van der Waals surface area contributed by atoms with Crippen LogP contribution in [0.2, 0.25) is 0 Å². The van der Waals surface area contributed by atoms with Crippen LogP contribution in [0.15, 0.2) is 71.6 Å². The number of hydrogen-bond acceptors (Lipinski definition) is 3. The van der Waals surface area contributed by atoms with E-state index in [1.54, 1.807) is 0 Å². The molecule has 3 aromatic heterocycles. The predicted octanol–water partition coefficient (Wildman–Crippen LogP) is 4.18. The van der Waals surface area contributed by atoms with E-state index >= 15 is 0 Å². The van der Waals surface area contributed by atoms with Crippen molar-refractivity contribution in [3.63, 3.8) is 0 Å². The number of aromatic nitrogens is 3. The minimum atomic E-state index is -0.323. The third kappa shape index (κ3) is 3.07. The van der Waals surface area contributed by atoms with Gasteiger partial charge < -0.3 is 0 Å². The molecule has 3 aromatic rings. The summed E-state index contributed by atoms with van der Waals surface area (Å²) in [5, 5.41) is 0. The summed E-state index contributed by atoms with van der Waals surface area (Å²) in [6.07, 6.45) is 4.39. The Kier molecular flexibility index (Phi) is 4.29. The molecule has 0 unspecified atom stereocenters. The summed E-state index contributed by atoms with van der Waals surface area (Å²) in [6.45, 7) is 2.17. The highest BCUT2D eigenvalue weighted by molar-refractivity contribution is 9.10. The van der Waals surface area contributed by atoms with Gasteiger partial charge >= 0.3 is 0 Å². The number of nitrogens with zero attached hydrogens (tertiary/aromatic N) is 3. The van der Waals surface area contributed by atoms with Gasteiger partial charge in [0.05, 0.1) is 16.8 Å². The molecule has 0 radical (unpaired) electrons. The fourth-order valence-electron chi connectivity index (χ4n) is 2.60. The monoisotopic (exact) mass is 353 g/mol. The molecule has 3 rings (SSSR count). The van der Waals surface area contributed by atoms with Gasteiger partial charge in [0, 0.05) is 24.5 Å². The Bertz CT molecular complexity index is 705. The number of pyridine rings is 3. The van der Waals surface area contributed by atoms with E-state index in [-0.39, 0.29) is 5.41 Å². The number of hydrogen-bond donors (Lipinski definition) is 0. The Morgan fingerprint density at radius 2 is 1.50 bits per heavy atom. The van der Waals surface area contributed by atoms with Crippen LogP contribution in [0.4, 0.5) is 0 Å². The topological polar surface area (TPSA) is 38.7 Å². The maximum Gasteiger partial charge on any atom is 0.106 e. The quantitative estimate of drug-likeness (QED) is 0.660. The molecule has 0 aliphatic carbocycles. The van der Waals surface area contributed by atoms with Gasteiger partial charge in [-0.15, -0.1) is 0 Å². The van der Waals surface area contributed by atoms with E-state index in [4.69, 9.17) is 0 Å². The van der Waals surface area contributed by atoms with Crippen LogP contribution in [0.25, 0.3) is 0 Å². The summed E-state index contributed by atoms with van der Waals surface area (Å²) in [7, 11) is 0. The molecule has 0 saturated heterocycles. The lowest BCUT2D eigenvalue weighted by Crippen LogP contribution is -2.29. The van der Waals surface area contributed by atoms with Crippen LogP contribution in [0.5, 0.6) is 0 Å². The molecule has 0 fully saturated rings. The van der Waals surface area contributed by atoms with E-state index in [0.717, 1.165) is 28.1 Å². The van der Waals surface area contributed by atoms with Crippen LogP contribution in [0.1, 0.15) is 24.0 Å². The molecule has 3 heterocycles. The minimum absolute atomic E-state index is 0.323. The smallest absolute Gasteiger partial charge is 0.106 e. The molecule has 22 heavy (non-hydrogen) atoms. The van der Waals surface area contributed by atoms with E-state index in [2.05, 4.69) is 37.8 Å². The van der Waals surface area contributed by atoms with E-state index in [0.29, 0.717) is 0 Å². The van der Waals surface area contributed by atoms with Crippen LogP contribution >= 0.6 is 15.9 Å². The fourth-order valence-corrected chi connectivity index (χ4v) is 2.98. The van der Waals surface area contributed by atoms with Crippen LogP contribution in [0.3, 0.4) is 0 Å². The van der Waals surface area contributed by atoms with Crippen molar-refractivity contribution >= 4 is 15.9 Å². The van der Waals surface area contributed by atoms with Gasteiger partial charge in [-0.1, -0.05) is 18.2 Å². The summed E-state index contributed by atoms with van der Waals surface area (Å²) in [5.41, 5.74) is 2.68. The molecule has 0 saturated carbocycles. The normalized spacial score (nSPS) is 11.4. The van der Waals surface area contributed by atoms with E-state index in [9.17, 15) is 0 Å². The average Bonchev–Trinajstić information content (AvgIpc) is 2.56. The van der Waals surface area contributed by atoms with Crippen molar-refractivity contribution in [2.24, 2.45) is 0 Å². The Labute approximate surface area is 138 Å². The highest BCUT2D eigenvalue weighted by Gasteiger charge is 2.32. The highest BCUT2D eigenvalue weighted by Crippen LogP contribution is 2.32. The van der Waals surface area contributed by atoms with Gasteiger partial charge in [0.1, 0.15) is 4.60 Å². The molecule has 0 bridgehead atoms. The standard InChI is InChI=1S/C18H16BrN3/c1-18(15-8-2-4-11-20-15,16-9-3-5-12-21-16)13-14-7-6-10-17(19)22-14/h2-12H,13H2,1H3. The van der Waals surface area contributed by atoms with Crippen molar-refractivity contribution in [1.29, 1.82) is 0 Å². The van der Waals surface area contributed by atoms with Gasteiger partial charge in [0.15, 0.2) is 0 Å². The maximum atomic E-state index is 4.57. The summed E-state index contributed by atoms with van der Waals surface area (Å²) < 4.78 is 0.842. The Morgan fingerprint density at radius 1 is 0.864 bits per heavy atom. The zero-order chi connectivity index (χ0) is 15.4. The van der Waals surface area contributed by atoms with Crippen molar-refractivity contribution < 1.29 is 0 Å². The molecule has 0 aliphatic rings. The van der Waals surface area contributed by atoms with Gasteiger partial charge in [0.25, 0.3) is 0 Å². The van der Waals surface area contributed by atoms with E-state index in [1.165, 1.54) is 0 Å². The number of halogens is 1. The summed E-state index contributed by atoms with van der Waals surface area (Å²) >= 11 is 3.44. The third-order valence-corrected chi connectivity index (χ3v) is 4.21. The lowest BCUT2D eigenvalue weighted by atomic mass is 9.78. The van der Waals surface area contributed by atoms with E-state index < -0.39 is 0 Å². The van der Waals surface area contributed by atoms with Crippen molar-refractivity contribution in [1.82, 2.24) is 15.0 Å². The molecule has 0 amide bonds. The fraction of sp³-hybridized carbons (Fsp3) is 0.167. The van der Waals surface area contributed by atoms with Gasteiger partial charge in [-0.05, 0) is 59.3 Å². The molecular formula is C18H16BrN3. The average molecular weight is 354 g/mol. The molecule has 3 nitrogen and oxygen atoms in total. The second kappa shape index (κ2) is 6.36. The van der Waals surface area contributed by atoms with Gasteiger partial charge in [-0.25, -0.2) is 4.98 Å². The number of rotatable bonds is 4. The van der Waals surface area contributed by atoms with Gasteiger partial charge in [0.2, 0.25) is 0 Å². The molecule has 110 valence electrons. The molecule has 0 aliphatic heterocycles. The Hall–Kier alpha value is -2.07. The first-order valence-electron chi connectivity index (χ1n) is 7.13. The molecule has 0 atom stereocenters. The molecule has 0 aromatic carbocycles. The van der Waals surface area contributed by atoms with Gasteiger partial charge in [-0.3, -0.25) is 9.97 Å². The summed E-state index contributed by atoms with van der Waals surface area (Å²) in [4.78, 5) is 13.7. The predicted molar refractivity (Wildman–Crippen MR) is 90.6 cm³/mol. The molecule has 4 heteroatoms. The zero-order valence-electron chi connectivity index (χ0n) is 12.3. The SMILES string of the molecule is CC(Cc1cccc(Br)n1)(c1ccccn1)c1ccccn1. The first-order chi connectivity index (χ1) is 10.7. The molecule has 0 N–H and O–H groups in total. The first-order valence-corrected chi connectivity index (χ1v) is 7.92. The van der Waals surface area contributed by atoms with Crippen molar-refractivity contribution in [3.8, 4) is 0 Å². The zero-order valence-corrected chi connectivity index (χ0v) is 13.9. The highest BCUT2D eigenvalue weighted by atomic mass is 79.9. The van der Waals surface area contributed by atoms with Crippen LogP contribution in [-0.2, 0) is 11.8 Å². The Balaban J connectivity index is 2.08. The van der Waals surface area contributed by atoms with Gasteiger partial charge in [-0.2, -0.15) is 0 Å². The van der Waals surface area contributed by atoms with Crippen LogP contribution < -0.4 is 0 Å². The minimum Gasteiger partial charge on any atom is -0.260 e. The Morgan fingerprint density at radius 3 is 2.00 bits per heavy atom. The maximum absolute atomic E-state index is 4.57. The van der Waals surface area contributed by atoms with E-state index in [1.807, 2.05) is 67.0 Å². The first kappa shape index (κ1) is 14.9. The second-order valence-electron chi connectivity index (χ2n) is 5.39. The molecular weight excluding hydrogens is 338 g/mol. The van der Waals surface area contributed by atoms with Crippen LogP contribution in [0, 0.1) is 0 Å². The van der Waals surface area contributed by atoms with Crippen molar-refractivity contribution in [2.45, 2.75) is 18.8 Å².